The van der Waals surface area contributed by atoms with Gasteiger partial charge in [-0.25, -0.2) is 4.79 Å². The quantitative estimate of drug-likeness (QED) is 0.816. The lowest BCUT2D eigenvalue weighted by atomic mass is 10.0. The molecule has 1 heterocycles. The predicted octanol–water partition coefficient (Wildman–Crippen LogP) is 0.674. The van der Waals surface area contributed by atoms with E-state index in [-0.39, 0.29) is 18.0 Å². The summed E-state index contributed by atoms with van der Waals surface area (Å²) in [6, 6.07) is 0.0701. The highest BCUT2D eigenvalue weighted by Crippen LogP contribution is 2.21. The van der Waals surface area contributed by atoms with Crippen molar-refractivity contribution in [3.8, 4) is 0 Å². The summed E-state index contributed by atoms with van der Waals surface area (Å²) in [7, 11) is 3.49. The molecule has 110 valence electrons. The number of hydrogen-bond donors (Lipinski definition) is 1. The third kappa shape index (κ3) is 4.70. The normalized spacial score (nSPS) is 18.8. The molecular formula is C13H25N3O3. The van der Waals surface area contributed by atoms with Crippen LogP contribution >= 0.6 is 0 Å². The van der Waals surface area contributed by atoms with Crippen LogP contribution in [0.4, 0.5) is 4.79 Å². The highest BCUT2D eigenvalue weighted by molar-refractivity contribution is 5.78. The molecule has 1 rings (SSSR count). The molecule has 6 heteroatoms. The molecule has 1 aliphatic rings. The van der Waals surface area contributed by atoms with E-state index in [0.29, 0.717) is 19.6 Å². The summed E-state index contributed by atoms with van der Waals surface area (Å²) < 4.78 is 5.33. The van der Waals surface area contributed by atoms with Crippen LogP contribution in [0.1, 0.15) is 27.2 Å². The largest absolute Gasteiger partial charge is 0.444 e. The fourth-order valence-electron chi connectivity index (χ4n) is 1.90. The van der Waals surface area contributed by atoms with Gasteiger partial charge < -0.3 is 19.9 Å². The molecule has 0 saturated carbocycles. The number of carbonyl (C=O) groups excluding carboxylic acids is 2. The highest BCUT2D eigenvalue weighted by Gasteiger charge is 2.36. The van der Waals surface area contributed by atoms with Crippen molar-refractivity contribution < 1.29 is 14.3 Å². The zero-order chi connectivity index (χ0) is 14.6. The number of nitrogens with zero attached hydrogens (tertiary/aromatic N) is 2. The highest BCUT2D eigenvalue weighted by atomic mass is 16.6. The van der Waals surface area contributed by atoms with Gasteiger partial charge in [0.15, 0.2) is 0 Å². The SMILES string of the molecule is CNCC(=O)N(C)CC1CCN1C(=O)OC(C)(C)C. The molecule has 19 heavy (non-hydrogen) atoms. The van der Waals surface area contributed by atoms with Gasteiger partial charge in [-0.2, -0.15) is 0 Å². The molecule has 0 aromatic heterocycles. The van der Waals surface area contributed by atoms with Crippen LogP contribution in [0.5, 0.6) is 0 Å². The molecule has 2 amide bonds. The minimum atomic E-state index is -0.481. The molecule has 1 saturated heterocycles. The molecule has 0 aromatic rings. The van der Waals surface area contributed by atoms with Gasteiger partial charge in [0.05, 0.1) is 12.6 Å². The lowest BCUT2D eigenvalue weighted by Gasteiger charge is -2.42. The topological polar surface area (TPSA) is 61.9 Å². The smallest absolute Gasteiger partial charge is 0.410 e. The Morgan fingerprint density at radius 2 is 2.05 bits per heavy atom. The summed E-state index contributed by atoms with van der Waals surface area (Å²) in [5.74, 6) is 0.0264. The second kappa shape index (κ2) is 6.23. The van der Waals surface area contributed by atoms with Gasteiger partial charge in [-0.3, -0.25) is 4.79 Å². The zero-order valence-corrected chi connectivity index (χ0v) is 12.5. The first kappa shape index (κ1) is 15.8. The average Bonchev–Trinajstić information content (AvgIpc) is 2.21. The number of nitrogens with one attached hydrogen (secondary N) is 1. The van der Waals surface area contributed by atoms with Crippen LogP contribution in [0, 0.1) is 0 Å². The first-order valence-electron chi connectivity index (χ1n) is 6.63. The van der Waals surface area contributed by atoms with Gasteiger partial charge in [-0.05, 0) is 34.2 Å². The van der Waals surface area contributed by atoms with E-state index in [1.54, 1.807) is 23.9 Å². The summed E-state index contributed by atoms with van der Waals surface area (Å²) in [4.78, 5) is 26.9. The van der Waals surface area contributed by atoms with E-state index >= 15 is 0 Å². The van der Waals surface area contributed by atoms with Gasteiger partial charge >= 0.3 is 6.09 Å². The van der Waals surface area contributed by atoms with Gasteiger partial charge in [-0.15, -0.1) is 0 Å². The van der Waals surface area contributed by atoms with Crippen LogP contribution in [-0.4, -0.2) is 67.2 Å². The van der Waals surface area contributed by atoms with Crippen molar-refractivity contribution in [3.63, 3.8) is 0 Å². The Bertz CT molecular complexity index is 339. The summed E-state index contributed by atoms with van der Waals surface area (Å²) in [6.45, 7) is 7.12. The Morgan fingerprint density at radius 1 is 1.42 bits per heavy atom. The van der Waals surface area contributed by atoms with E-state index < -0.39 is 5.60 Å². The third-order valence-corrected chi connectivity index (χ3v) is 3.01. The number of likely N-dealkylation sites (tertiary alicyclic amines) is 1. The second-order valence-corrected chi connectivity index (χ2v) is 5.92. The second-order valence-electron chi connectivity index (χ2n) is 5.92. The molecule has 1 fully saturated rings. The molecule has 0 radical (unpaired) electrons. The molecule has 0 bridgehead atoms. The number of ether oxygens (including phenoxy) is 1. The minimum Gasteiger partial charge on any atom is -0.444 e. The molecule has 6 nitrogen and oxygen atoms in total. The third-order valence-electron chi connectivity index (χ3n) is 3.01. The van der Waals surface area contributed by atoms with Gasteiger partial charge in [0, 0.05) is 20.1 Å². The fraction of sp³-hybridized carbons (Fsp3) is 0.846. The molecule has 0 aliphatic carbocycles. The maximum atomic E-state index is 11.9. The van der Waals surface area contributed by atoms with Gasteiger partial charge in [0.1, 0.15) is 5.60 Å². The van der Waals surface area contributed by atoms with Crippen molar-refractivity contribution in [3.05, 3.63) is 0 Å². The average molecular weight is 271 g/mol. The van der Waals surface area contributed by atoms with Crippen molar-refractivity contribution in [1.82, 2.24) is 15.1 Å². The van der Waals surface area contributed by atoms with Crippen molar-refractivity contribution in [1.29, 1.82) is 0 Å². The van der Waals surface area contributed by atoms with E-state index in [9.17, 15) is 9.59 Å². The number of hydrogen-bond acceptors (Lipinski definition) is 4. The lowest BCUT2D eigenvalue weighted by Crippen LogP contribution is -2.57. The zero-order valence-electron chi connectivity index (χ0n) is 12.5. The Kier molecular flexibility index (Phi) is 5.17. The van der Waals surface area contributed by atoms with Crippen molar-refractivity contribution in [2.45, 2.75) is 38.8 Å². The standard InChI is InChI=1S/C13H25N3O3/c1-13(2,3)19-12(18)16-7-6-10(16)9-15(5)11(17)8-14-4/h10,14H,6-9H2,1-5H3. The lowest BCUT2D eigenvalue weighted by molar-refractivity contribution is -0.130. The Balaban J connectivity index is 2.44. The summed E-state index contributed by atoms with van der Waals surface area (Å²) >= 11 is 0. The van der Waals surface area contributed by atoms with Crippen molar-refractivity contribution in [2.75, 3.05) is 33.7 Å². The van der Waals surface area contributed by atoms with Crippen LogP contribution < -0.4 is 5.32 Å². The van der Waals surface area contributed by atoms with Gasteiger partial charge in [-0.1, -0.05) is 0 Å². The number of carbonyl (C=O) groups is 2. The van der Waals surface area contributed by atoms with E-state index in [0.717, 1.165) is 6.42 Å². The molecule has 1 N–H and O–H groups in total. The predicted molar refractivity (Wildman–Crippen MR) is 72.9 cm³/mol. The first-order valence-corrected chi connectivity index (χ1v) is 6.63. The van der Waals surface area contributed by atoms with E-state index in [4.69, 9.17) is 4.74 Å². The molecule has 0 aromatic carbocycles. The van der Waals surface area contributed by atoms with E-state index in [2.05, 4.69) is 5.32 Å². The maximum Gasteiger partial charge on any atom is 0.410 e. The Labute approximate surface area is 115 Å². The van der Waals surface area contributed by atoms with Gasteiger partial charge in [0.2, 0.25) is 5.91 Å². The number of amides is 2. The van der Waals surface area contributed by atoms with Crippen LogP contribution in [0.2, 0.25) is 0 Å². The van der Waals surface area contributed by atoms with Crippen molar-refractivity contribution >= 4 is 12.0 Å². The van der Waals surface area contributed by atoms with Gasteiger partial charge in [0.25, 0.3) is 0 Å². The maximum absolute atomic E-state index is 11.9. The number of likely N-dealkylation sites (N-methyl/N-ethyl adjacent to an activating group) is 2. The van der Waals surface area contributed by atoms with Crippen LogP contribution in [-0.2, 0) is 9.53 Å². The van der Waals surface area contributed by atoms with Crippen LogP contribution in [0.25, 0.3) is 0 Å². The molecular weight excluding hydrogens is 246 g/mol. The summed E-state index contributed by atoms with van der Waals surface area (Å²) in [5.41, 5.74) is -0.481. The molecule has 0 spiro atoms. The molecule has 1 aliphatic heterocycles. The summed E-state index contributed by atoms with van der Waals surface area (Å²) in [6.07, 6.45) is 0.620. The summed E-state index contributed by atoms with van der Waals surface area (Å²) in [5, 5.41) is 2.83. The van der Waals surface area contributed by atoms with E-state index in [1.807, 2.05) is 20.8 Å². The minimum absolute atomic E-state index is 0.0264. The molecule has 1 unspecified atom stereocenters. The molecule has 1 atom stereocenters. The Morgan fingerprint density at radius 3 is 2.47 bits per heavy atom. The van der Waals surface area contributed by atoms with E-state index in [1.165, 1.54) is 0 Å². The first-order chi connectivity index (χ1) is 8.74. The van der Waals surface area contributed by atoms with Crippen LogP contribution in [0.3, 0.4) is 0 Å². The number of rotatable bonds is 4. The van der Waals surface area contributed by atoms with Crippen molar-refractivity contribution in [2.24, 2.45) is 0 Å². The fourth-order valence-corrected chi connectivity index (χ4v) is 1.90. The Hall–Kier alpha value is -1.30. The van der Waals surface area contributed by atoms with Crippen LogP contribution in [0.15, 0.2) is 0 Å². The monoisotopic (exact) mass is 271 g/mol.